The Morgan fingerprint density at radius 2 is 1.88 bits per heavy atom. The van der Waals surface area contributed by atoms with Crippen LogP contribution in [-0.4, -0.2) is 39.8 Å². The van der Waals surface area contributed by atoms with Crippen molar-refractivity contribution in [1.82, 2.24) is 14.8 Å². The quantitative estimate of drug-likeness (QED) is 0.759. The van der Waals surface area contributed by atoms with Crippen molar-refractivity contribution in [2.75, 3.05) is 6.67 Å². The molecule has 0 atom stereocenters. The van der Waals surface area contributed by atoms with Gasteiger partial charge in [-0.25, -0.2) is 8.78 Å². The molecule has 0 aliphatic carbocycles. The van der Waals surface area contributed by atoms with Crippen LogP contribution in [0.15, 0.2) is 36.2 Å². The van der Waals surface area contributed by atoms with E-state index in [9.17, 15) is 8.78 Å². The van der Waals surface area contributed by atoms with E-state index in [2.05, 4.69) is 10.1 Å². The molecule has 0 radical (unpaired) electrons. The number of nitrogens with zero attached hydrogens (tertiary/aromatic N) is 3. The van der Waals surface area contributed by atoms with Crippen molar-refractivity contribution in [3.63, 3.8) is 0 Å². The maximum atomic E-state index is 14.8. The largest absolute Gasteiger partial charge is 0.525 e. The van der Waals surface area contributed by atoms with Gasteiger partial charge in [-0.05, 0) is 52.0 Å². The maximum Gasteiger partial charge on any atom is 0.525 e. The van der Waals surface area contributed by atoms with Crippen LogP contribution in [-0.2, 0) is 15.9 Å². The van der Waals surface area contributed by atoms with Gasteiger partial charge in [0.1, 0.15) is 18.1 Å². The molecule has 0 amide bonds. The molecule has 3 rings (SSSR count). The summed E-state index contributed by atoms with van der Waals surface area (Å²) >= 11 is 0. The minimum absolute atomic E-state index is 0.0231. The average molecular weight is 361 g/mol. The summed E-state index contributed by atoms with van der Waals surface area (Å²) in [6.07, 6.45) is 2.92. The van der Waals surface area contributed by atoms with Gasteiger partial charge in [0.25, 0.3) is 0 Å². The first-order valence-corrected chi connectivity index (χ1v) is 8.51. The lowest BCUT2D eigenvalue weighted by molar-refractivity contribution is 0.00578. The number of aromatic nitrogens is 3. The summed E-state index contributed by atoms with van der Waals surface area (Å²) < 4.78 is 40.5. The van der Waals surface area contributed by atoms with Gasteiger partial charge in [0, 0.05) is 6.20 Å². The third-order valence-electron chi connectivity index (χ3n) is 4.80. The second-order valence-electron chi connectivity index (χ2n) is 7.20. The lowest BCUT2D eigenvalue weighted by Gasteiger charge is -2.32. The van der Waals surface area contributed by atoms with Crippen LogP contribution in [0.25, 0.3) is 17.5 Å². The van der Waals surface area contributed by atoms with Gasteiger partial charge in [-0.15, -0.1) is 0 Å². The molecule has 1 fully saturated rings. The molecule has 2 aromatic rings. The van der Waals surface area contributed by atoms with Gasteiger partial charge >= 0.3 is 7.12 Å². The topological polar surface area (TPSA) is 49.2 Å². The minimum Gasteiger partial charge on any atom is -0.398 e. The van der Waals surface area contributed by atoms with Crippen molar-refractivity contribution < 1.29 is 18.1 Å². The maximum absolute atomic E-state index is 14.8. The highest BCUT2D eigenvalue weighted by molar-refractivity contribution is 6.54. The molecule has 0 N–H and O–H groups in total. The molecule has 26 heavy (non-hydrogen) atoms. The fraction of sp³-hybridized carbons (Fsp3) is 0.444. The molecule has 8 heteroatoms. The van der Waals surface area contributed by atoms with E-state index in [1.807, 2.05) is 33.8 Å². The van der Waals surface area contributed by atoms with Gasteiger partial charge in [0.05, 0.1) is 29.1 Å². The van der Waals surface area contributed by atoms with Crippen LogP contribution in [0, 0.1) is 0 Å². The highest BCUT2D eigenvalue weighted by atomic mass is 19.1. The average Bonchev–Trinajstić information content (AvgIpc) is 3.07. The molecule has 2 aromatic heterocycles. The fourth-order valence-electron chi connectivity index (χ4n) is 2.61. The number of hydrogen-bond donors (Lipinski definition) is 0. The summed E-state index contributed by atoms with van der Waals surface area (Å²) in [7, 11) is -1.10. The highest BCUT2D eigenvalue weighted by Gasteiger charge is 2.53. The molecule has 0 saturated carbocycles. The predicted molar refractivity (Wildman–Crippen MR) is 96.6 cm³/mol. The zero-order valence-electron chi connectivity index (χ0n) is 15.4. The SMILES string of the molecule is CC1(C)OB(C(F)=Cc2cc(-c3ccccn3)nn2CCF)OC1(C)C. The van der Waals surface area contributed by atoms with Crippen LogP contribution in [0.4, 0.5) is 8.78 Å². The summed E-state index contributed by atoms with van der Waals surface area (Å²) in [4.78, 5) is 4.22. The van der Waals surface area contributed by atoms with Crippen molar-refractivity contribution in [3.05, 3.63) is 41.9 Å². The van der Waals surface area contributed by atoms with Crippen LogP contribution in [0.1, 0.15) is 33.4 Å². The molecule has 1 saturated heterocycles. The standard InChI is InChI=1S/C18H22BF2N3O2/c1-17(2)18(3,4)26-19(25-17)16(21)12-13-11-15(23-24(13)10-8-20)14-7-5-6-9-22-14/h5-7,9,11-12H,8,10H2,1-4H3. The Hall–Kier alpha value is -2.06. The lowest BCUT2D eigenvalue weighted by atomic mass is 9.87. The summed E-state index contributed by atoms with van der Waals surface area (Å²) in [6.45, 7) is 6.83. The Kier molecular flexibility index (Phi) is 4.99. The van der Waals surface area contributed by atoms with Crippen molar-refractivity contribution in [3.8, 4) is 11.4 Å². The Balaban J connectivity index is 1.91. The Morgan fingerprint density at radius 1 is 1.19 bits per heavy atom. The van der Waals surface area contributed by atoms with Crippen LogP contribution >= 0.6 is 0 Å². The molecular formula is C18H22BF2N3O2. The molecule has 3 heterocycles. The van der Waals surface area contributed by atoms with Gasteiger partial charge in [-0.3, -0.25) is 9.67 Å². The van der Waals surface area contributed by atoms with Crippen molar-refractivity contribution in [2.24, 2.45) is 0 Å². The van der Waals surface area contributed by atoms with Crippen LogP contribution in [0.5, 0.6) is 0 Å². The predicted octanol–water partition coefficient (Wildman–Crippen LogP) is 3.86. The van der Waals surface area contributed by atoms with E-state index in [0.29, 0.717) is 17.1 Å². The van der Waals surface area contributed by atoms with Crippen LogP contribution < -0.4 is 0 Å². The number of alkyl halides is 1. The van der Waals surface area contributed by atoms with E-state index in [1.54, 1.807) is 24.4 Å². The second kappa shape index (κ2) is 6.93. The number of aryl methyl sites for hydroxylation is 1. The molecule has 138 valence electrons. The van der Waals surface area contributed by atoms with E-state index >= 15 is 0 Å². The van der Waals surface area contributed by atoms with Gasteiger partial charge in [-0.2, -0.15) is 5.10 Å². The monoisotopic (exact) mass is 361 g/mol. The van der Waals surface area contributed by atoms with Crippen LogP contribution in [0.2, 0.25) is 0 Å². The number of halogens is 2. The Bertz CT molecular complexity index is 790. The highest BCUT2D eigenvalue weighted by Crippen LogP contribution is 2.39. The van der Waals surface area contributed by atoms with Gasteiger partial charge in [0.2, 0.25) is 0 Å². The summed E-state index contributed by atoms with van der Waals surface area (Å²) in [5.74, 6) is 0. The molecule has 0 unspecified atom stereocenters. The molecular weight excluding hydrogens is 339 g/mol. The normalized spacial score (nSPS) is 19.2. The van der Waals surface area contributed by atoms with E-state index in [0.717, 1.165) is 0 Å². The van der Waals surface area contributed by atoms with Crippen molar-refractivity contribution in [2.45, 2.75) is 45.4 Å². The first-order valence-electron chi connectivity index (χ1n) is 8.51. The van der Waals surface area contributed by atoms with E-state index in [4.69, 9.17) is 9.31 Å². The molecule has 1 aliphatic rings. The van der Waals surface area contributed by atoms with Crippen molar-refractivity contribution >= 4 is 13.2 Å². The van der Waals surface area contributed by atoms with Gasteiger partial charge in [0.15, 0.2) is 0 Å². The summed E-state index contributed by atoms with van der Waals surface area (Å²) in [5.41, 5.74) is -0.253. The first kappa shape index (κ1) is 18.7. The van der Waals surface area contributed by atoms with Gasteiger partial charge in [-0.1, -0.05) is 6.07 Å². The van der Waals surface area contributed by atoms with Gasteiger partial charge < -0.3 is 9.31 Å². The van der Waals surface area contributed by atoms with Crippen LogP contribution in [0.3, 0.4) is 0 Å². The third-order valence-corrected chi connectivity index (χ3v) is 4.80. The fourth-order valence-corrected chi connectivity index (χ4v) is 2.61. The second-order valence-corrected chi connectivity index (χ2v) is 7.20. The third kappa shape index (κ3) is 3.57. The minimum atomic E-state index is -1.10. The molecule has 0 bridgehead atoms. The molecule has 0 spiro atoms. The molecule has 1 aliphatic heterocycles. The lowest BCUT2D eigenvalue weighted by Crippen LogP contribution is -2.41. The first-order chi connectivity index (χ1) is 12.2. The smallest absolute Gasteiger partial charge is 0.398 e. The number of rotatable bonds is 5. The molecule has 0 aromatic carbocycles. The van der Waals surface area contributed by atoms with E-state index in [-0.39, 0.29) is 6.54 Å². The number of pyridine rings is 1. The Labute approximate surface area is 152 Å². The zero-order valence-corrected chi connectivity index (χ0v) is 15.4. The summed E-state index contributed by atoms with van der Waals surface area (Å²) in [6, 6.07) is 7.08. The zero-order chi connectivity index (χ0) is 18.9. The van der Waals surface area contributed by atoms with E-state index < -0.39 is 30.7 Å². The molecule has 5 nitrogen and oxygen atoms in total. The Morgan fingerprint density at radius 3 is 2.46 bits per heavy atom. The number of hydrogen-bond acceptors (Lipinski definition) is 4. The summed E-state index contributed by atoms with van der Waals surface area (Å²) in [5, 5.41) is 4.33. The van der Waals surface area contributed by atoms with E-state index in [1.165, 1.54) is 10.8 Å². The van der Waals surface area contributed by atoms with Crippen molar-refractivity contribution in [1.29, 1.82) is 0 Å².